The molecule has 0 radical (unpaired) electrons. The lowest BCUT2D eigenvalue weighted by Crippen LogP contribution is -2.35. The van der Waals surface area contributed by atoms with Crippen molar-refractivity contribution in [3.05, 3.63) is 23.9 Å². The van der Waals surface area contributed by atoms with Crippen molar-refractivity contribution in [1.82, 2.24) is 4.98 Å². The smallest absolute Gasteiger partial charge is 0.126 e. The summed E-state index contributed by atoms with van der Waals surface area (Å²) in [5.41, 5.74) is 13.1. The van der Waals surface area contributed by atoms with E-state index in [1.54, 1.807) is 6.20 Å². The van der Waals surface area contributed by atoms with Gasteiger partial charge in [-0.3, -0.25) is 0 Å². The van der Waals surface area contributed by atoms with E-state index in [2.05, 4.69) is 25.8 Å². The molecule has 3 nitrogen and oxygen atoms in total. The van der Waals surface area contributed by atoms with E-state index < -0.39 is 0 Å². The molecular formula is C12H21N3. The molecule has 1 aromatic heterocycles. The summed E-state index contributed by atoms with van der Waals surface area (Å²) in [4.78, 5) is 4.06. The third kappa shape index (κ3) is 3.51. The normalized spacial score (nSPS) is 13.9. The van der Waals surface area contributed by atoms with Gasteiger partial charge in [-0.05, 0) is 29.9 Å². The fourth-order valence-electron chi connectivity index (χ4n) is 1.41. The van der Waals surface area contributed by atoms with Gasteiger partial charge < -0.3 is 11.5 Å². The third-order valence-corrected chi connectivity index (χ3v) is 2.76. The van der Waals surface area contributed by atoms with E-state index in [1.807, 2.05) is 12.1 Å². The maximum Gasteiger partial charge on any atom is 0.126 e. The highest BCUT2D eigenvalue weighted by molar-refractivity contribution is 5.38. The average molecular weight is 207 g/mol. The highest BCUT2D eigenvalue weighted by Gasteiger charge is 2.20. The van der Waals surface area contributed by atoms with E-state index in [4.69, 9.17) is 11.5 Å². The van der Waals surface area contributed by atoms with Gasteiger partial charge in [0.15, 0.2) is 0 Å². The summed E-state index contributed by atoms with van der Waals surface area (Å²) in [6.45, 7) is 6.47. The number of nitrogens with zero attached hydrogens (tertiary/aromatic N) is 1. The van der Waals surface area contributed by atoms with Crippen LogP contribution >= 0.6 is 0 Å². The number of pyridine rings is 1. The van der Waals surface area contributed by atoms with Gasteiger partial charge in [0.05, 0.1) is 0 Å². The first-order chi connectivity index (χ1) is 6.91. The SMILES string of the molecule is CC(C)(C)C(N)CCc1cccnc1N. The predicted octanol–water partition coefficient (Wildman–Crippen LogP) is 1.97. The quantitative estimate of drug-likeness (QED) is 0.796. The van der Waals surface area contributed by atoms with Crippen LogP contribution in [0.3, 0.4) is 0 Å². The molecule has 0 fully saturated rings. The van der Waals surface area contributed by atoms with Gasteiger partial charge in [0.2, 0.25) is 0 Å². The van der Waals surface area contributed by atoms with Crippen LogP contribution in [0.15, 0.2) is 18.3 Å². The topological polar surface area (TPSA) is 64.9 Å². The maximum atomic E-state index is 6.09. The van der Waals surface area contributed by atoms with Crippen LogP contribution in [0, 0.1) is 5.41 Å². The largest absolute Gasteiger partial charge is 0.383 e. The average Bonchev–Trinajstić information content (AvgIpc) is 2.14. The van der Waals surface area contributed by atoms with Gasteiger partial charge in [-0.15, -0.1) is 0 Å². The number of nitrogen functional groups attached to an aromatic ring is 1. The van der Waals surface area contributed by atoms with Crippen molar-refractivity contribution in [3.8, 4) is 0 Å². The van der Waals surface area contributed by atoms with Crippen LogP contribution in [0.2, 0.25) is 0 Å². The molecule has 0 aliphatic carbocycles. The van der Waals surface area contributed by atoms with Gasteiger partial charge >= 0.3 is 0 Å². The van der Waals surface area contributed by atoms with Gasteiger partial charge in [0.25, 0.3) is 0 Å². The molecule has 0 saturated carbocycles. The zero-order chi connectivity index (χ0) is 11.5. The minimum Gasteiger partial charge on any atom is -0.383 e. The predicted molar refractivity (Wildman–Crippen MR) is 64.4 cm³/mol. The van der Waals surface area contributed by atoms with Crippen molar-refractivity contribution >= 4 is 5.82 Å². The van der Waals surface area contributed by atoms with Crippen LogP contribution in [0.25, 0.3) is 0 Å². The Balaban J connectivity index is 2.55. The second-order valence-corrected chi connectivity index (χ2v) is 5.06. The molecule has 1 rings (SSSR count). The van der Waals surface area contributed by atoms with E-state index >= 15 is 0 Å². The maximum absolute atomic E-state index is 6.09. The van der Waals surface area contributed by atoms with E-state index in [0.29, 0.717) is 5.82 Å². The number of hydrogen-bond donors (Lipinski definition) is 2. The summed E-state index contributed by atoms with van der Waals surface area (Å²) in [6.07, 6.45) is 3.56. The minimum absolute atomic E-state index is 0.150. The van der Waals surface area contributed by atoms with Crippen LogP contribution in [0.1, 0.15) is 32.8 Å². The molecule has 0 amide bonds. The van der Waals surface area contributed by atoms with E-state index in [-0.39, 0.29) is 11.5 Å². The van der Waals surface area contributed by atoms with Crippen molar-refractivity contribution in [2.45, 2.75) is 39.7 Å². The molecule has 0 aromatic carbocycles. The fraction of sp³-hybridized carbons (Fsp3) is 0.583. The number of aromatic nitrogens is 1. The van der Waals surface area contributed by atoms with Crippen LogP contribution in [-0.2, 0) is 6.42 Å². The summed E-state index contributed by atoms with van der Waals surface area (Å²) in [5.74, 6) is 0.624. The minimum atomic E-state index is 0.150. The molecule has 1 heterocycles. The number of nitrogens with two attached hydrogens (primary N) is 2. The molecule has 84 valence electrons. The van der Waals surface area contributed by atoms with Crippen molar-refractivity contribution in [3.63, 3.8) is 0 Å². The lowest BCUT2D eigenvalue weighted by Gasteiger charge is -2.27. The molecule has 3 heteroatoms. The molecule has 0 saturated heterocycles. The molecule has 1 unspecified atom stereocenters. The Hall–Kier alpha value is -1.09. The molecule has 0 spiro atoms. The van der Waals surface area contributed by atoms with E-state index in [0.717, 1.165) is 18.4 Å². The Morgan fingerprint density at radius 2 is 2.07 bits per heavy atom. The molecule has 15 heavy (non-hydrogen) atoms. The van der Waals surface area contributed by atoms with Gasteiger partial charge in [-0.1, -0.05) is 26.8 Å². The van der Waals surface area contributed by atoms with Crippen LogP contribution in [0.4, 0.5) is 5.82 Å². The highest BCUT2D eigenvalue weighted by Crippen LogP contribution is 2.22. The summed E-state index contributed by atoms with van der Waals surface area (Å²) in [7, 11) is 0. The summed E-state index contributed by atoms with van der Waals surface area (Å²) in [5, 5.41) is 0. The Bertz CT molecular complexity index is 315. The van der Waals surface area contributed by atoms with Crippen molar-refractivity contribution in [2.75, 3.05) is 5.73 Å². The zero-order valence-corrected chi connectivity index (χ0v) is 9.83. The second-order valence-electron chi connectivity index (χ2n) is 5.06. The first-order valence-electron chi connectivity index (χ1n) is 5.36. The number of rotatable bonds is 3. The molecule has 1 atom stereocenters. The van der Waals surface area contributed by atoms with Gasteiger partial charge in [0.1, 0.15) is 5.82 Å². The Kier molecular flexibility index (Phi) is 3.69. The second kappa shape index (κ2) is 4.62. The number of aryl methyl sites for hydroxylation is 1. The monoisotopic (exact) mass is 207 g/mol. The van der Waals surface area contributed by atoms with Crippen LogP contribution in [-0.4, -0.2) is 11.0 Å². The van der Waals surface area contributed by atoms with Crippen molar-refractivity contribution < 1.29 is 0 Å². The van der Waals surface area contributed by atoms with Gasteiger partial charge in [-0.25, -0.2) is 4.98 Å². The molecule has 4 N–H and O–H groups in total. The van der Waals surface area contributed by atoms with Crippen LogP contribution in [0.5, 0.6) is 0 Å². The third-order valence-electron chi connectivity index (χ3n) is 2.76. The summed E-state index contributed by atoms with van der Waals surface area (Å²) < 4.78 is 0. The Morgan fingerprint density at radius 3 is 2.60 bits per heavy atom. The molecule has 0 aliphatic heterocycles. The zero-order valence-electron chi connectivity index (χ0n) is 9.83. The summed E-state index contributed by atoms with van der Waals surface area (Å²) in [6, 6.07) is 4.11. The lowest BCUT2D eigenvalue weighted by molar-refractivity contribution is 0.306. The Morgan fingerprint density at radius 1 is 1.40 bits per heavy atom. The van der Waals surface area contributed by atoms with Crippen molar-refractivity contribution in [1.29, 1.82) is 0 Å². The van der Waals surface area contributed by atoms with Gasteiger partial charge in [-0.2, -0.15) is 0 Å². The number of anilines is 1. The van der Waals surface area contributed by atoms with Gasteiger partial charge in [0, 0.05) is 12.2 Å². The van der Waals surface area contributed by atoms with Crippen molar-refractivity contribution in [2.24, 2.45) is 11.1 Å². The molecular weight excluding hydrogens is 186 g/mol. The molecule has 0 bridgehead atoms. The Labute approximate surface area is 91.9 Å². The first kappa shape index (κ1) is 12.0. The van der Waals surface area contributed by atoms with Crippen LogP contribution < -0.4 is 11.5 Å². The summed E-state index contributed by atoms with van der Waals surface area (Å²) >= 11 is 0. The first-order valence-corrected chi connectivity index (χ1v) is 5.36. The molecule has 0 aliphatic rings. The van der Waals surface area contributed by atoms with E-state index in [9.17, 15) is 0 Å². The van der Waals surface area contributed by atoms with E-state index in [1.165, 1.54) is 0 Å². The standard InChI is InChI=1S/C12H21N3/c1-12(2,3)10(13)7-6-9-5-4-8-15-11(9)14/h4-5,8,10H,6-7,13H2,1-3H3,(H2,14,15). The highest BCUT2D eigenvalue weighted by atomic mass is 14.8. The fourth-order valence-corrected chi connectivity index (χ4v) is 1.41. The molecule has 1 aromatic rings. The lowest BCUT2D eigenvalue weighted by atomic mass is 9.84. The number of hydrogen-bond acceptors (Lipinski definition) is 3.